The number of nitrogens with zero attached hydrogens (tertiary/aromatic N) is 4. The maximum atomic E-state index is 5.31. The summed E-state index contributed by atoms with van der Waals surface area (Å²) in [7, 11) is 0. The molecule has 0 unspecified atom stereocenters. The summed E-state index contributed by atoms with van der Waals surface area (Å²) in [4.78, 5) is 15.8. The summed E-state index contributed by atoms with van der Waals surface area (Å²) >= 11 is 0. The number of aliphatic imine (C=N–C) groups is 1. The summed E-state index contributed by atoms with van der Waals surface area (Å²) < 4.78 is 2.44. The number of hydrogen-bond acceptors (Lipinski definition) is 3. The predicted octanol–water partition coefficient (Wildman–Crippen LogP) is 13.5. The highest BCUT2D eigenvalue weighted by molar-refractivity contribution is 6.18. The van der Waals surface area contributed by atoms with Gasteiger partial charge in [0.2, 0.25) is 0 Å². The van der Waals surface area contributed by atoms with Gasteiger partial charge >= 0.3 is 0 Å². The van der Waals surface area contributed by atoms with E-state index in [1.807, 2.05) is 18.2 Å². The van der Waals surface area contributed by atoms with Gasteiger partial charge in [-0.15, -0.1) is 0 Å². The lowest BCUT2D eigenvalue weighted by molar-refractivity contribution is 1.19. The molecule has 1 aliphatic rings. The Kier molecular flexibility index (Phi) is 7.83. The first kappa shape index (κ1) is 33.6. The molecule has 10 aromatic rings. The molecule has 4 heteroatoms. The summed E-state index contributed by atoms with van der Waals surface area (Å²) in [6, 6.07) is 66.2. The standard InChI is InChI=1S/C54H36N4/c1-34-17-9-10-22-40(34)51(36-18-5-3-6-19-36)55-35(2)38-29-30-50-45(31-38)41-23-11-12-24-42(41)46-32-39(33-47-43-25-14-16-28-49(43)58(50)53(46)47)54-56-48-27-15-13-26-44(48)52(57-54)37-20-7-4-8-21-37/h3-33H,2H2,1H3. The molecule has 0 saturated carbocycles. The van der Waals surface area contributed by atoms with Crippen molar-refractivity contribution in [2.45, 2.75) is 6.92 Å². The van der Waals surface area contributed by atoms with Gasteiger partial charge in [-0.3, -0.25) is 0 Å². The van der Waals surface area contributed by atoms with Crippen molar-refractivity contribution in [2.24, 2.45) is 4.99 Å². The third kappa shape index (κ3) is 5.41. The lowest BCUT2D eigenvalue weighted by atomic mass is 9.91. The van der Waals surface area contributed by atoms with E-state index in [0.29, 0.717) is 11.5 Å². The number of para-hydroxylation sites is 2. The van der Waals surface area contributed by atoms with Gasteiger partial charge in [0, 0.05) is 55.1 Å². The number of aromatic nitrogens is 3. The minimum atomic E-state index is 0.700. The van der Waals surface area contributed by atoms with Crippen LogP contribution in [0.1, 0.15) is 22.3 Å². The predicted molar refractivity (Wildman–Crippen MR) is 241 cm³/mol. The molecule has 0 fully saturated rings. The lowest BCUT2D eigenvalue weighted by Crippen LogP contribution is -2.06. The summed E-state index contributed by atoms with van der Waals surface area (Å²) in [5, 5.41) is 3.37. The van der Waals surface area contributed by atoms with E-state index in [0.717, 1.165) is 94.5 Å². The normalized spacial score (nSPS) is 12.1. The van der Waals surface area contributed by atoms with Crippen LogP contribution in [0.15, 0.2) is 200 Å². The molecule has 0 N–H and O–H groups in total. The van der Waals surface area contributed by atoms with Crippen molar-refractivity contribution in [3.8, 4) is 50.6 Å². The van der Waals surface area contributed by atoms with Gasteiger partial charge in [-0.05, 0) is 60.0 Å². The molecule has 0 saturated heterocycles. The first-order valence-corrected chi connectivity index (χ1v) is 19.6. The lowest BCUT2D eigenvalue weighted by Gasteiger charge is -2.15. The van der Waals surface area contributed by atoms with E-state index in [4.69, 9.17) is 15.0 Å². The van der Waals surface area contributed by atoms with Gasteiger partial charge in [-0.2, -0.15) is 0 Å². The van der Waals surface area contributed by atoms with Crippen LogP contribution in [0.2, 0.25) is 0 Å². The van der Waals surface area contributed by atoms with Gasteiger partial charge in [0.15, 0.2) is 5.82 Å². The van der Waals surface area contributed by atoms with Crippen molar-refractivity contribution < 1.29 is 0 Å². The van der Waals surface area contributed by atoms with Gasteiger partial charge < -0.3 is 4.57 Å². The quantitative estimate of drug-likeness (QED) is 0.159. The topological polar surface area (TPSA) is 43.1 Å². The van der Waals surface area contributed by atoms with Gasteiger partial charge in [0.05, 0.1) is 39.3 Å². The van der Waals surface area contributed by atoms with Crippen molar-refractivity contribution >= 4 is 44.1 Å². The highest BCUT2D eigenvalue weighted by Crippen LogP contribution is 2.48. The number of aryl methyl sites for hydroxylation is 1. The molecule has 4 nitrogen and oxygen atoms in total. The van der Waals surface area contributed by atoms with Crippen LogP contribution in [0, 0.1) is 6.92 Å². The second-order valence-electron chi connectivity index (χ2n) is 14.9. The summed E-state index contributed by atoms with van der Waals surface area (Å²) in [6.07, 6.45) is 0. The van der Waals surface area contributed by atoms with Crippen molar-refractivity contribution in [2.75, 3.05) is 0 Å². The van der Waals surface area contributed by atoms with E-state index >= 15 is 0 Å². The molecule has 8 aromatic carbocycles. The molecule has 58 heavy (non-hydrogen) atoms. The third-order valence-corrected chi connectivity index (χ3v) is 11.4. The molecule has 0 radical (unpaired) electrons. The Balaban J connectivity index is 1.14. The number of benzene rings is 8. The van der Waals surface area contributed by atoms with Crippen LogP contribution in [-0.4, -0.2) is 20.2 Å². The van der Waals surface area contributed by atoms with Gasteiger partial charge in [0.25, 0.3) is 0 Å². The monoisotopic (exact) mass is 740 g/mol. The van der Waals surface area contributed by atoms with Crippen LogP contribution in [-0.2, 0) is 0 Å². The van der Waals surface area contributed by atoms with Gasteiger partial charge in [-0.25, -0.2) is 15.0 Å². The zero-order chi connectivity index (χ0) is 38.7. The van der Waals surface area contributed by atoms with Crippen LogP contribution in [0.3, 0.4) is 0 Å². The Hall–Kier alpha value is -7.69. The van der Waals surface area contributed by atoms with Crippen molar-refractivity contribution in [3.63, 3.8) is 0 Å². The maximum absolute atomic E-state index is 5.31. The molecular weight excluding hydrogens is 705 g/mol. The zero-order valence-electron chi connectivity index (χ0n) is 31.9. The fourth-order valence-electron chi connectivity index (χ4n) is 8.70. The van der Waals surface area contributed by atoms with E-state index in [2.05, 4.69) is 188 Å². The smallest absolute Gasteiger partial charge is 0.160 e. The molecule has 11 rings (SSSR count). The summed E-state index contributed by atoms with van der Waals surface area (Å²) in [5.41, 5.74) is 17.7. The summed E-state index contributed by atoms with van der Waals surface area (Å²) in [5.74, 6) is 0.700. The third-order valence-electron chi connectivity index (χ3n) is 11.4. The molecule has 0 atom stereocenters. The molecule has 272 valence electrons. The number of rotatable bonds is 6. The molecule has 0 aliphatic carbocycles. The van der Waals surface area contributed by atoms with Crippen molar-refractivity contribution in [1.82, 2.24) is 14.5 Å². The van der Waals surface area contributed by atoms with E-state index in [1.165, 1.54) is 10.9 Å². The number of fused-ring (bicyclic) bond motifs is 9. The molecule has 0 amide bonds. The van der Waals surface area contributed by atoms with E-state index < -0.39 is 0 Å². The molecule has 0 bridgehead atoms. The largest absolute Gasteiger partial charge is 0.308 e. The molecular formula is C54H36N4. The molecule has 3 heterocycles. The average Bonchev–Trinajstić information content (AvgIpc) is 3.56. The van der Waals surface area contributed by atoms with Crippen LogP contribution < -0.4 is 0 Å². The Morgan fingerprint density at radius 2 is 1.19 bits per heavy atom. The average molecular weight is 741 g/mol. The van der Waals surface area contributed by atoms with E-state index in [9.17, 15) is 0 Å². The second kappa shape index (κ2) is 13.5. The Morgan fingerprint density at radius 3 is 2.00 bits per heavy atom. The number of hydrogen-bond donors (Lipinski definition) is 0. The first-order chi connectivity index (χ1) is 28.6. The van der Waals surface area contributed by atoms with Crippen molar-refractivity contribution in [1.29, 1.82) is 0 Å². The fourth-order valence-corrected chi connectivity index (χ4v) is 8.70. The Morgan fingerprint density at radius 1 is 0.517 bits per heavy atom. The minimum Gasteiger partial charge on any atom is -0.308 e. The van der Waals surface area contributed by atoms with Crippen LogP contribution >= 0.6 is 0 Å². The fraction of sp³-hybridized carbons (Fsp3) is 0.0185. The Bertz CT molecular complexity index is 3300. The van der Waals surface area contributed by atoms with Crippen LogP contribution in [0.25, 0.3) is 89.0 Å². The first-order valence-electron chi connectivity index (χ1n) is 19.6. The molecule has 1 aliphatic heterocycles. The van der Waals surface area contributed by atoms with Crippen LogP contribution in [0.5, 0.6) is 0 Å². The van der Waals surface area contributed by atoms with E-state index in [-0.39, 0.29) is 0 Å². The SMILES string of the molecule is C=C(N=C(c1ccccc1)c1ccccc1C)c1ccc2c(c1)-c1ccccc1-c1cc(-c3nc(-c4ccccc4)c4ccccc4n3)cc3c4ccccc4n-2c13. The summed E-state index contributed by atoms with van der Waals surface area (Å²) in [6.45, 7) is 6.71. The highest BCUT2D eigenvalue weighted by atomic mass is 15.0. The second-order valence-corrected chi connectivity index (χ2v) is 14.9. The Labute approximate surface area is 336 Å². The minimum absolute atomic E-state index is 0.700. The molecule has 0 spiro atoms. The maximum Gasteiger partial charge on any atom is 0.160 e. The molecule has 2 aromatic heterocycles. The highest BCUT2D eigenvalue weighted by Gasteiger charge is 2.26. The zero-order valence-corrected chi connectivity index (χ0v) is 31.9. The van der Waals surface area contributed by atoms with Gasteiger partial charge in [-0.1, -0.05) is 158 Å². The van der Waals surface area contributed by atoms with E-state index in [1.54, 1.807) is 0 Å². The van der Waals surface area contributed by atoms with Gasteiger partial charge in [0.1, 0.15) is 0 Å². The van der Waals surface area contributed by atoms with Crippen molar-refractivity contribution in [3.05, 3.63) is 217 Å². The van der Waals surface area contributed by atoms with Crippen LogP contribution in [0.4, 0.5) is 0 Å².